The Kier molecular flexibility index (Phi) is 3.80. The number of hydrogen-bond donors (Lipinski definition) is 1. The van der Waals surface area contributed by atoms with E-state index in [1.165, 1.54) is 0 Å². The zero-order valence-corrected chi connectivity index (χ0v) is 13.4. The predicted octanol–water partition coefficient (Wildman–Crippen LogP) is 5.06. The topological polar surface area (TPSA) is 34.1 Å². The molecule has 0 bridgehead atoms. The number of methoxy groups -OCH3 is 1. The molecule has 0 saturated carbocycles. The lowest BCUT2D eigenvalue weighted by Crippen LogP contribution is -1.96. The van der Waals surface area contributed by atoms with Crippen LogP contribution in [0.15, 0.2) is 53.0 Å². The molecule has 1 N–H and O–H groups in total. The lowest BCUT2D eigenvalue weighted by molar-refractivity contribution is 0.419. The van der Waals surface area contributed by atoms with E-state index in [1.807, 2.05) is 55.5 Å². The molecule has 0 aliphatic rings. The van der Waals surface area contributed by atoms with Gasteiger partial charge in [0.25, 0.3) is 0 Å². The molecule has 0 aliphatic heterocycles. The Morgan fingerprint density at radius 3 is 2.57 bits per heavy atom. The summed E-state index contributed by atoms with van der Waals surface area (Å²) in [6.45, 7) is 1.98. The fraction of sp³-hybridized carbons (Fsp3) is 0.118. The number of rotatable bonds is 3. The molecule has 1 heterocycles. The van der Waals surface area contributed by atoms with Crippen LogP contribution in [0.2, 0.25) is 0 Å². The quantitative estimate of drug-likeness (QED) is 0.722. The highest BCUT2D eigenvalue weighted by atomic mass is 79.9. The van der Waals surface area contributed by atoms with Crippen LogP contribution in [0.3, 0.4) is 0 Å². The Labute approximate surface area is 132 Å². The summed E-state index contributed by atoms with van der Waals surface area (Å²) >= 11 is 3.45. The Morgan fingerprint density at radius 1 is 1.10 bits per heavy atom. The standard InChI is InChI=1S/C17H15BrN2O/c1-11-10-15(20-13-8-6-12(18)7-9-13)14-4-3-5-16(21-2)17(14)19-11/h3-10H,1-2H3,(H,19,20). The van der Waals surface area contributed by atoms with Crippen LogP contribution in [0.25, 0.3) is 10.9 Å². The van der Waals surface area contributed by atoms with E-state index < -0.39 is 0 Å². The number of pyridine rings is 1. The molecule has 106 valence electrons. The van der Waals surface area contributed by atoms with Crippen LogP contribution < -0.4 is 10.1 Å². The van der Waals surface area contributed by atoms with E-state index in [0.29, 0.717) is 0 Å². The Balaban J connectivity index is 2.11. The van der Waals surface area contributed by atoms with Crippen molar-refractivity contribution < 1.29 is 4.74 Å². The molecule has 0 saturated heterocycles. The second kappa shape index (κ2) is 5.74. The van der Waals surface area contributed by atoms with Crippen LogP contribution in [0.5, 0.6) is 5.75 Å². The van der Waals surface area contributed by atoms with Crippen molar-refractivity contribution in [3.63, 3.8) is 0 Å². The summed E-state index contributed by atoms with van der Waals surface area (Å²) < 4.78 is 6.47. The third-order valence-electron chi connectivity index (χ3n) is 3.27. The van der Waals surface area contributed by atoms with Crippen LogP contribution in [0, 0.1) is 6.92 Å². The number of aromatic nitrogens is 1. The number of fused-ring (bicyclic) bond motifs is 1. The molecule has 3 nitrogen and oxygen atoms in total. The number of benzene rings is 2. The van der Waals surface area contributed by atoms with E-state index >= 15 is 0 Å². The second-order valence-corrected chi connectivity index (χ2v) is 5.72. The third-order valence-corrected chi connectivity index (χ3v) is 3.80. The smallest absolute Gasteiger partial charge is 0.145 e. The molecule has 0 fully saturated rings. The number of halogens is 1. The van der Waals surface area contributed by atoms with Crippen molar-refractivity contribution in [3.05, 3.63) is 58.7 Å². The van der Waals surface area contributed by atoms with Crippen LogP contribution in [0.4, 0.5) is 11.4 Å². The van der Waals surface area contributed by atoms with Crippen LogP contribution in [-0.2, 0) is 0 Å². The lowest BCUT2D eigenvalue weighted by atomic mass is 10.1. The third kappa shape index (κ3) is 2.85. The van der Waals surface area contributed by atoms with Gasteiger partial charge in [0, 0.05) is 26.9 Å². The normalized spacial score (nSPS) is 10.6. The second-order valence-electron chi connectivity index (χ2n) is 4.80. The minimum Gasteiger partial charge on any atom is -0.494 e. The first-order chi connectivity index (χ1) is 10.2. The van der Waals surface area contributed by atoms with E-state index in [2.05, 4.69) is 26.2 Å². The number of hydrogen-bond acceptors (Lipinski definition) is 3. The monoisotopic (exact) mass is 342 g/mol. The zero-order valence-electron chi connectivity index (χ0n) is 11.9. The van der Waals surface area contributed by atoms with E-state index in [4.69, 9.17) is 4.74 Å². The van der Waals surface area contributed by atoms with E-state index in [0.717, 1.165) is 38.2 Å². The minimum absolute atomic E-state index is 0.787. The maximum Gasteiger partial charge on any atom is 0.145 e. The van der Waals surface area contributed by atoms with Gasteiger partial charge in [0.05, 0.1) is 7.11 Å². The Hall–Kier alpha value is -2.07. The van der Waals surface area contributed by atoms with E-state index in [9.17, 15) is 0 Å². The highest BCUT2D eigenvalue weighted by Crippen LogP contribution is 2.31. The number of ether oxygens (including phenoxy) is 1. The molecule has 0 aliphatic carbocycles. The van der Waals surface area contributed by atoms with E-state index in [1.54, 1.807) is 7.11 Å². The minimum atomic E-state index is 0.787. The number of anilines is 2. The molecular formula is C17H15BrN2O. The molecule has 0 radical (unpaired) electrons. The van der Waals surface area contributed by atoms with Gasteiger partial charge in [0.2, 0.25) is 0 Å². The average Bonchev–Trinajstić information content (AvgIpc) is 2.49. The Morgan fingerprint density at radius 2 is 1.86 bits per heavy atom. The molecular weight excluding hydrogens is 328 g/mol. The molecule has 0 unspecified atom stereocenters. The van der Waals surface area contributed by atoms with Crippen LogP contribution in [0.1, 0.15) is 5.69 Å². The fourth-order valence-electron chi connectivity index (χ4n) is 2.31. The fourth-order valence-corrected chi connectivity index (χ4v) is 2.57. The molecule has 3 rings (SSSR count). The first kappa shape index (κ1) is 13.9. The van der Waals surface area contributed by atoms with Crippen molar-refractivity contribution in [3.8, 4) is 5.75 Å². The predicted molar refractivity (Wildman–Crippen MR) is 90.5 cm³/mol. The van der Waals surface area contributed by atoms with Gasteiger partial charge < -0.3 is 10.1 Å². The molecule has 0 amide bonds. The van der Waals surface area contributed by atoms with Crippen molar-refractivity contribution in [1.29, 1.82) is 0 Å². The van der Waals surface area contributed by atoms with Gasteiger partial charge in [-0.25, -0.2) is 4.98 Å². The molecule has 21 heavy (non-hydrogen) atoms. The first-order valence-corrected chi connectivity index (χ1v) is 7.43. The van der Waals surface area contributed by atoms with E-state index in [-0.39, 0.29) is 0 Å². The number of nitrogens with one attached hydrogen (secondary N) is 1. The summed E-state index contributed by atoms with van der Waals surface area (Å²) in [6.07, 6.45) is 0. The van der Waals surface area contributed by atoms with Gasteiger partial charge in [0.15, 0.2) is 0 Å². The van der Waals surface area contributed by atoms with Gasteiger partial charge in [-0.2, -0.15) is 0 Å². The molecule has 3 aromatic rings. The van der Waals surface area contributed by atoms with Crippen LogP contribution in [-0.4, -0.2) is 12.1 Å². The number of nitrogens with zero attached hydrogens (tertiary/aromatic N) is 1. The number of para-hydroxylation sites is 1. The molecule has 0 atom stereocenters. The summed E-state index contributed by atoms with van der Waals surface area (Å²) in [4.78, 5) is 4.59. The van der Waals surface area contributed by atoms with Crippen molar-refractivity contribution in [2.24, 2.45) is 0 Å². The Bertz CT molecular complexity index is 785. The van der Waals surface area contributed by atoms with Crippen LogP contribution >= 0.6 is 15.9 Å². The summed E-state index contributed by atoms with van der Waals surface area (Å²) in [5.74, 6) is 0.787. The van der Waals surface area contributed by atoms with Gasteiger partial charge in [-0.15, -0.1) is 0 Å². The van der Waals surface area contributed by atoms with Crippen molar-refractivity contribution in [2.45, 2.75) is 6.92 Å². The maximum atomic E-state index is 5.41. The summed E-state index contributed by atoms with van der Waals surface area (Å²) in [5.41, 5.74) is 3.89. The van der Waals surface area contributed by atoms with Gasteiger partial charge in [-0.05, 0) is 43.3 Å². The largest absolute Gasteiger partial charge is 0.494 e. The van der Waals surface area contributed by atoms with Crippen molar-refractivity contribution in [1.82, 2.24) is 4.98 Å². The molecule has 1 aromatic heterocycles. The first-order valence-electron chi connectivity index (χ1n) is 6.64. The summed E-state index contributed by atoms with van der Waals surface area (Å²) in [5, 5.41) is 4.49. The maximum absolute atomic E-state index is 5.41. The summed E-state index contributed by atoms with van der Waals surface area (Å²) in [6, 6.07) is 16.1. The molecule has 2 aromatic carbocycles. The summed E-state index contributed by atoms with van der Waals surface area (Å²) in [7, 11) is 1.67. The highest BCUT2D eigenvalue weighted by Gasteiger charge is 2.08. The highest BCUT2D eigenvalue weighted by molar-refractivity contribution is 9.10. The van der Waals surface area contributed by atoms with Crippen molar-refractivity contribution >= 4 is 38.2 Å². The van der Waals surface area contributed by atoms with Gasteiger partial charge in [0.1, 0.15) is 11.3 Å². The van der Waals surface area contributed by atoms with Gasteiger partial charge >= 0.3 is 0 Å². The number of aryl methyl sites for hydroxylation is 1. The van der Waals surface area contributed by atoms with Crippen molar-refractivity contribution in [2.75, 3.05) is 12.4 Å². The lowest BCUT2D eigenvalue weighted by Gasteiger charge is -2.12. The molecule has 4 heteroatoms. The van der Waals surface area contributed by atoms with Gasteiger partial charge in [-0.1, -0.05) is 28.1 Å². The zero-order chi connectivity index (χ0) is 14.8. The average molecular weight is 343 g/mol. The SMILES string of the molecule is COc1cccc2c(Nc3ccc(Br)cc3)cc(C)nc12. The molecule has 0 spiro atoms. The van der Waals surface area contributed by atoms with Gasteiger partial charge in [-0.3, -0.25) is 0 Å².